The van der Waals surface area contributed by atoms with E-state index >= 15 is 0 Å². The van der Waals surface area contributed by atoms with Crippen molar-refractivity contribution in [3.63, 3.8) is 0 Å². The maximum Gasteiger partial charge on any atom is 0.522 e. The summed E-state index contributed by atoms with van der Waals surface area (Å²) in [7, 11) is 0. The van der Waals surface area contributed by atoms with E-state index in [9.17, 15) is 22.8 Å². The normalized spacial score (nSPS) is 23.7. The van der Waals surface area contributed by atoms with Gasteiger partial charge in [-0.15, -0.1) is 13.2 Å². The fourth-order valence-corrected chi connectivity index (χ4v) is 2.45. The molecule has 1 aliphatic heterocycles. The summed E-state index contributed by atoms with van der Waals surface area (Å²) in [5, 5.41) is 2.64. The summed E-state index contributed by atoms with van der Waals surface area (Å²) in [5.74, 6) is -0.863. The first-order chi connectivity index (χ1) is 9.67. The van der Waals surface area contributed by atoms with E-state index in [1.165, 1.54) is 4.90 Å². The molecule has 0 spiro atoms. The molecule has 1 saturated heterocycles. The number of hydrogen-bond donors (Lipinski definition) is 1. The number of carbonyl (C=O) groups excluding carboxylic acids is 2. The molecule has 1 fully saturated rings. The highest BCUT2D eigenvalue weighted by atomic mass is 19.4. The summed E-state index contributed by atoms with van der Waals surface area (Å²) in [5.41, 5.74) is 0. The van der Waals surface area contributed by atoms with Crippen LogP contribution in [0.5, 0.6) is 0 Å². The quantitative estimate of drug-likeness (QED) is 0.812. The number of nitrogens with one attached hydrogen (secondary N) is 1. The molecule has 0 aromatic rings. The molecule has 1 rings (SSSR count). The van der Waals surface area contributed by atoms with Gasteiger partial charge in [-0.05, 0) is 12.3 Å². The SMILES string of the molecule is CCCC1NC(=O)C(C(C)C)N(CCOC(F)(F)F)C1=O. The molecule has 5 nitrogen and oxygen atoms in total. The highest BCUT2D eigenvalue weighted by Gasteiger charge is 2.41. The zero-order valence-corrected chi connectivity index (χ0v) is 12.4. The van der Waals surface area contributed by atoms with E-state index < -0.39 is 25.1 Å². The van der Waals surface area contributed by atoms with E-state index in [0.717, 1.165) is 0 Å². The lowest BCUT2D eigenvalue weighted by atomic mass is 9.95. The Morgan fingerprint density at radius 2 is 1.95 bits per heavy atom. The molecule has 0 aliphatic carbocycles. The molecule has 0 aromatic carbocycles. The van der Waals surface area contributed by atoms with Crippen molar-refractivity contribution in [2.45, 2.75) is 52.1 Å². The number of piperazine rings is 1. The van der Waals surface area contributed by atoms with Gasteiger partial charge in [-0.1, -0.05) is 27.2 Å². The van der Waals surface area contributed by atoms with Gasteiger partial charge in [0.05, 0.1) is 6.61 Å². The van der Waals surface area contributed by atoms with Crippen LogP contribution in [0.3, 0.4) is 0 Å². The lowest BCUT2D eigenvalue weighted by molar-refractivity contribution is -0.325. The highest BCUT2D eigenvalue weighted by Crippen LogP contribution is 2.21. The molecule has 0 aromatic heterocycles. The minimum absolute atomic E-state index is 0.192. The Morgan fingerprint density at radius 1 is 1.33 bits per heavy atom. The second-order valence-electron chi connectivity index (χ2n) is 5.36. The standard InChI is InChI=1S/C13H21F3N2O3/c1-4-5-9-12(20)18(6-7-21-13(14,15)16)10(8(2)3)11(19)17-9/h8-10H,4-7H2,1-3H3,(H,17,19). The molecular formula is C13H21F3N2O3. The largest absolute Gasteiger partial charge is 0.522 e. The number of carbonyl (C=O) groups is 2. The Balaban J connectivity index is 2.80. The van der Waals surface area contributed by atoms with E-state index in [1.807, 2.05) is 6.92 Å². The zero-order valence-electron chi connectivity index (χ0n) is 12.4. The van der Waals surface area contributed by atoms with Crippen molar-refractivity contribution in [1.82, 2.24) is 10.2 Å². The number of ether oxygens (including phenoxy) is 1. The van der Waals surface area contributed by atoms with E-state index in [0.29, 0.717) is 12.8 Å². The average molecular weight is 310 g/mol. The van der Waals surface area contributed by atoms with Crippen molar-refractivity contribution in [2.24, 2.45) is 5.92 Å². The summed E-state index contributed by atoms with van der Waals surface area (Å²) >= 11 is 0. The molecule has 21 heavy (non-hydrogen) atoms. The smallest absolute Gasteiger partial charge is 0.342 e. The van der Waals surface area contributed by atoms with E-state index in [1.54, 1.807) is 13.8 Å². The molecule has 0 saturated carbocycles. The Hall–Kier alpha value is -1.31. The van der Waals surface area contributed by atoms with Crippen LogP contribution in [-0.4, -0.2) is 48.3 Å². The molecule has 0 radical (unpaired) electrons. The molecule has 8 heteroatoms. The fourth-order valence-electron chi connectivity index (χ4n) is 2.45. The summed E-state index contributed by atoms with van der Waals surface area (Å²) in [6.07, 6.45) is -3.58. The van der Waals surface area contributed by atoms with Crippen molar-refractivity contribution in [3.05, 3.63) is 0 Å². The van der Waals surface area contributed by atoms with Crippen LogP contribution in [0.2, 0.25) is 0 Å². The third kappa shape index (κ3) is 4.87. The third-order valence-corrected chi connectivity index (χ3v) is 3.31. The molecule has 1 heterocycles. The van der Waals surface area contributed by atoms with Crippen LogP contribution in [0.15, 0.2) is 0 Å². The second kappa shape index (κ2) is 7.11. The topological polar surface area (TPSA) is 58.6 Å². The Kier molecular flexibility index (Phi) is 6.00. The minimum Gasteiger partial charge on any atom is -0.342 e. The maximum absolute atomic E-state index is 12.3. The van der Waals surface area contributed by atoms with Gasteiger partial charge in [0.1, 0.15) is 12.1 Å². The highest BCUT2D eigenvalue weighted by molar-refractivity contribution is 5.97. The maximum atomic E-state index is 12.3. The third-order valence-electron chi connectivity index (χ3n) is 3.31. The molecule has 2 unspecified atom stereocenters. The summed E-state index contributed by atoms with van der Waals surface area (Å²) in [4.78, 5) is 25.6. The first-order valence-electron chi connectivity index (χ1n) is 6.99. The summed E-state index contributed by atoms with van der Waals surface area (Å²) in [6, 6.07) is -1.43. The van der Waals surface area contributed by atoms with Gasteiger partial charge >= 0.3 is 6.36 Å². The number of halogens is 3. The predicted octanol–water partition coefficient (Wildman–Crippen LogP) is 1.67. The van der Waals surface area contributed by atoms with Crippen LogP contribution in [0, 0.1) is 5.92 Å². The second-order valence-corrected chi connectivity index (χ2v) is 5.36. The lowest BCUT2D eigenvalue weighted by Crippen LogP contribution is -2.65. The first-order valence-corrected chi connectivity index (χ1v) is 6.99. The number of hydrogen-bond acceptors (Lipinski definition) is 3. The van der Waals surface area contributed by atoms with E-state index in [4.69, 9.17) is 0 Å². The van der Waals surface area contributed by atoms with Crippen LogP contribution >= 0.6 is 0 Å². The van der Waals surface area contributed by atoms with Gasteiger partial charge in [0.15, 0.2) is 0 Å². The van der Waals surface area contributed by atoms with Gasteiger partial charge in [0, 0.05) is 6.54 Å². The van der Waals surface area contributed by atoms with Crippen molar-refractivity contribution in [2.75, 3.05) is 13.2 Å². The molecular weight excluding hydrogens is 289 g/mol. The Bertz CT molecular complexity index is 385. The number of rotatable bonds is 6. The minimum atomic E-state index is -4.74. The van der Waals surface area contributed by atoms with Crippen molar-refractivity contribution in [3.8, 4) is 0 Å². The molecule has 2 atom stereocenters. The fraction of sp³-hybridized carbons (Fsp3) is 0.846. The Labute approximate surface area is 121 Å². The molecule has 1 N–H and O–H groups in total. The van der Waals surface area contributed by atoms with Gasteiger partial charge in [-0.2, -0.15) is 0 Å². The van der Waals surface area contributed by atoms with Gasteiger partial charge in [0.2, 0.25) is 11.8 Å². The van der Waals surface area contributed by atoms with Gasteiger partial charge in [-0.25, -0.2) is 0 Å². The van der Waals surface area contributed by atoms with Gasteiger partial charge in [0.25, 0.3) is 0 Å². The monoisotopic (exact) mass is 310 g/mol. The van der Waals surface area contributed by atoms with Crippen LogP contribution in [0.4, 0.5) is 13.2 Å². The van der Waals surface area contributed by atoms with Crippen molar-refractivity contribution >= 4 is 11.8 Å². The lowest BCUT2D eigenvalue weighted by Gasteiger charge is -2.40. The van der Waals surface area contributed by atoms with Crippen LogP contribution in [-0.2, 0) is 14.3 Å². The van der Waals surface area contributed by atoms with Crippen LogP contribution in [0.1, 0.15) is 33.6 Å². The molecule has 0 bridgehead atoms. The van der Waals surface area contributed by atoms with Crippen LogP contribution in [0.25, 0.3) is 0 Å². The van der Waals surface area contributed by atoms with E-state index in [-0.39, 0.29) is 24.3 Å². The molecule has 2 amide bonds. The van der Waals surface area contributed by atoms with Gasteiger partial charge < -0.3 is 10.2 Å². The molecule has 1 aliphatic rings. The number of amides is 2. The van der Waals surface area contributed by atoms with Crippen LogP contribution < -0.4 is 5.32 Å². The zero-order chi connectivity index (χ0) is 16.2. The summed E-state index contributed by atoms with van der Waals surface area (Å²) < 4.78 is 39.8. The summed E-state index contributed by atoms with van der Waals surface area (Å²) in [6.45, 7) is 4.43. The molecule has 122 valence electrons. The average Bonchev–Trinajstić information content (AvgIpc) is 2.33. The van der Waals surface area contributed by atoms with Crippen molar-refractivity contribution < 1.29 is 27.5 Å². The van der Waals surface area contributed by atoms with Crippen molar-refractivity contribution in [1.29, 1.82) is 0 Å². The first kappa shape index (κ1) is 17.7. The number of alkyl halides is 3. The van der Waals surface area contributed by atoms with Gasteiger partial charge in [-0.3, -0.25) is 14.3 Å². The van der Waals surface area contributed by atoms with E-state index in [2.05, 4.69) is 10.1 Å². The Morgan fingerprint density at radius 3 is 2.43 bits per heavy atom. The number of nitrogens with zero attached hydrogens (tertiary/aromatic N) is 1. The predicted molar refractivity (Wildman–Crippen MR) is 69.2 cm³/mol.